The fourth-order valence-electron chi connectivity index (χ4n) is 1.55. The molecule has 6 nitrogen and oxygen atoms in total. The van der Waals surface area contributed by atoms with E-state index < -0.39 is 0 Å². The summed E-state index contributed by atoms with van der Waals surface area (Å²) in [4.78, 5) is 11.8. The SMILES string of the molecule is CCOc1ccccc1OCC(=O)Nc1ccc(Cl)nn1. The number of nitrogens with zero attached hydrogens (tertiary/aromatic N) is 2. The molecule has 0 spiro atoms. The zero-order chi connectivity index (χ0) is 15.1. The molecule has 2 aromatic rings. The third-order valence-electron chi connectivity index (χ3n) is 2.41. The summed E-state index contributed by atoms with van der Waals surface area (Å²) in [6.45, 7) is 2.24. The first-order valence-electron chi connectivity index (χ1n) is 6.32. The summed E-state index contributed by atoms with van der Waals surface area (Å²) >= 11 is 5.61. The van der Waals surface area contributed by atoms with Crippen LogP contribution in [0.5, 0.6) is 11.5 Å². The molecule has 1 N–H and O–H groups in total. The van der Waals surface area contributed by atoms with E-state index in [4.69, 9.17) is 21.1 Å². The zero-order valence-corrected chi connectivity index (χ0v) is 12.1. The summed E-state index contributed by atoms with van der Waals surface area (Å²) < 4.78 is 10.8. The topological polar surface area (TPSA) is 73.3 Å². The number of rotatable bonds is 6. The average Bonchev–Trinajstić information content (AvgIpc) is 2.49. The maximum absolute atomic E-state index is 11.8. The van der Waals surface area contributed by atoms with Crippen LogP contribution in [0, 0.1) is 0 Å². The van der Waals surface area contributed by atoms with Gasteiger partial charge in [-0.25, -0.2) is 0 Å². The van der Waals surface area contributed by atoms with E-state index in [9.17, 15) is 4.79 Å². The second-order valence-electron chi connectivity index (χ2n) is 3.96. The van der Waals surface area contributed by atoms with Crippen LogP contribution in [0.25, 0.3) is 0 Å². The number of carbonyl (C=O) groups excluding carboxylic acids is 1. The first-order chi connectivity index (χ1) is 10.2. The lowest BCUT2D eigenvalue weighted by Crippen LogP contribution is -2.21. The highest BCUT2D eigenvalue weighted by Gasteiger charge is 2.08. The van der Waals surface area contributed by atoms with Crippen LogP contribution in [-0.2, 0) is 4.79 Å². The van der Waals surface area contributed by atoms with Gasteiger partial charge < -0.3 is 14.8 Å². The van der Waals surface area contributed by atoms with E-state index in [1.165, 1.54) is 6.07 Å². The molecule has 0 radical (unpaired) electrons. The van der Waals surface area contributed by atoms with Crippen LogP contribution in [0.15, 0.2) is 36.4 Å². The van der Waals surface area contributed by atoms with Crippen molar-refractivity contribution in [3.63, 3.8) is 0 Å². The standard InChI is InChI=1S/C14H14ClN3O3/c1-2-20-10-5-3-4-6-11(10)21-9-14(19)16-13-8-7-12(15)17-18-13/h3-8H,2,9H2,1H3,(H,16,18,19). The number of ether oxygens (including phenoxy) is 2. The summed E-state index contributed by atoms with van der Waals surface area (Å²) in [5, 5.41) is 10.2. The van der Waals surface area contributed by atoms with Gasteiger partial charge in [-0.2, -0.15) is 0 Å². The molecule has 0 fully saturated rings. The third-order valence-corrected chi connectivity index (χ3v) is 2.61. The lowest BCUT2D eigenvalue weighted by atomic mass is 10.3. The second kappa shape index (κ2) is 7.44. The highest BCUT2D eigenvalue weighted by Crippen LogP contribution is 2.26. The summed E-state index contributed by atoms with van der Waals surface area (Å²) in [5.74, 6) is 1.07. The highest BCUT2D eigenvalue weighted by atomic mass is 35.5. The largest absolute Gasteiger partial charge is 0.490 e. The second-order valence-corrected chi connectivity index (χ2v) is 4.35. The van der Waals surface area contributed by atoms with E-state index in [1.807, 2.05) is 13.0 Å². The van der Waals surface area contributed by atoms with Crippen molar-refractivity contribution in [1.82, 2.24) is 10.2 Å². The number of aromatic nitrogens is 2. The van der Waals surface area contributed by atoms with Gasteiger partial charge in [0, 0.05) is 0 Å². The van der Waals surface area contributed by atoms with Crippen molar-refractivity contribution in [2.24, 2.45) is 0 Å². The van der Waals surface area contributed by atoms with Crippen LogP contribution >= 0.6 is 11.6 Å². The van der Waals surface area contributed by atoms with Crippen LogP contribution in [0.2, 0.25) is 5.15 Å². The van der Waals surface area contributed by atoms with Crippen molar-refractivity contribution in [1.29, 1.82) is 0 Å². The number of hydrogen-bond donors (Lipinski definition) is 1. The van der Waals surface area contributed by atoms with E-state index in [1.54, 1.807) is 24.3 Å². The van der Waals surface area contributed by atoms with E-state index >= 15 is 0 Å². The minimum atomic E-state index is -0.349. The van der Waals surface area contributed by atoms with Crippen molar-refractivity contribution in [3.05, 3.63) is 41.6 Å². The van der Waals surface area contributed by atoms with Gasteiger partial charge in [0.25, 0.3) is 5.91 Å². The van der Waals surface area contributed by atoms with Gasteiger partial charge in [-0.3, -0.25) is 4.79 Å². The number of carbonyl (C=O) groups is 1. The Labute approximate surface area is 127 Å². The molecular formula is C14H14ClN3O3. The summed E-state index contributed by atoms with van der Waals surface area (Å²) in [6.07, 6.45) is 0. The van der Waals surface area contributed by atoms with Crippen molar-refractivity contribution >= 4 is 23.3 Å². The Bertz CT molecular complexity index is 605. The van der Waals surface area contributed by atoms with Gasteiger partial charge in [-0.1, -0.05) is 23.7 Å². The normalized spacial score (nSPS) is 10.0. The molecule has 1 amide bonds. The lowest BCUT2D eigenvalue weighted by Gasteiger charge is -2.11. The van der Waals surface area contributed by atoms with Gasteiger partial charge in [-0.15, -0.1) is 10.2 Å². The van der Waals surface area contributed by atoms with Crippen molar-refractivity contribution < 1.29 is 14.3 Å². The molecule has 0 aliphatic heterocycles. The highest BCUT2D eigenvalue weighted by molar-refractivity contribution is 6.29. The summed E-state index contributed by atoms with van der Waals surface area (Å²) in [5.41, 5.74) is 0. The molecule has 0 saturated carbocycles. The molecule has 1 aromatic carbocycles. The zero-order valence-electron chi connectivity index (χ0n) is 11.4. The van der Waals surface area contributed by atoms with Crippen molar-refractivity contribution in [2.45, 2.75) is 6.92 Å². The molecule has 0 aliphatic rings. The van der Waals surface area contributed by atoms with Gasteiger partial charge >= 0.3 is 0 Å². The van der Waals surface area contributed by atoms with E-state index in [0.29, 0.717) is 23.9 Å². The van der Waals surface area contributed by atoms with Crippen LogP contribution in [0.3, 0.4) is 0 Å². The van der Waals surface area contributed by atoms with E-state index in [2.05, 4.69) is 15.5 Å². The predicted octanol–water partition coefficient (Wildman–Crippen LogP) is 2.55. The number of anilines is 1. The number of benzene rings is 1. The molecular weight excluding hydrogens is 294 g/mol. The fraction of sp³-hybridized carbons (Fsp3) is 0.214. The first kappa shape index (κ1) is 15.1. The minimum Gasteiger partial charge on any atom is -0.490 e. The smallest absolute Gasteiger partial charge is 0.263 e. The number of hydrogen-bond acceptors (Lipinski definition) is 5. The molecule has 110 valence electrons. The van der Waals surface area contributed by atoms with Gasteiger partial charge in [-0.05, 0) is 31.2 Å². The maximum Gasteiger partial charge on any atom is 0.263 e. The van der Waals surface area contributed by atoms with Crippen LogP contribution in [0.4, 0.5) is 5.82 Å². The molecule has 0 unspecified atom stereocenters. The fourth-order valence-corrected chi connectivity index (χ4v) is 1.65. The Morgan fingerprint density at radius 3 is 2.48 bits per heavy atom. The van der Waals surface area contributed by atoms with Gasteiger partial charge in [0.2, 0.25) is 0 Å². The Balaban J connectivity index is 1.90. The van der Waals surface area contributed by atoms with Crippen molar-refractivity contribution in [3.8, 4) is 11.5 Å². The number of amides is 1. The quantitative estimate of drug-likeness (QED) is 0.888. The molecule has 0 atom stereocenters. The van der Waals surface area contributed by atoms with Crippen molar-refractivity contribution in [2.75, 3.05) is 18.5 Å². The number of halogens is 1. The Hall–Kier alpha value is -2.34. The maximum atomic E-state index is 11.8. The first-order valence-corrected chi connectivity index (χ1v) is 6.70. The Morgan fingerprint density at radius 2 is 1.86 bits per heavy atom. The van der Waals surface area contributed by atoms with Crippen LogP contribution < -0.4 is 14.8 Å². The van der Waals surface area contributed by atoms with E-state index in [0.717, 1.165) is 0 Å². The van der Waals surface area contributed by atoms with Gasteiger partial charge in [0.1, 0.15) is 0 Å². The number of nitrogens with one attached hydrogen (secondary N) is 1. The summed E-state index contributed by atoms with van der Waals surface area (Å²) in [6, 6.07) is 10.3. The van der Waals surface area contributed by atoms with E-state index in [-0.39, 0.29) is 17.7 Å². The Morgan fingerprint density at radius 1 is 1.14 bits per heavy atom. The van der Waals surface area contributed by atoms with Gasteiger partial charge in [0.05, 0.1) is 6.61 Å². The molecule has 0 saturated heterocycles. The molecule has 21 heavy (non-hydrogen) atoms. The molecule has 0 bridgehead atoms. The van der Waals surface area contributed by atoms with Gasteiger partial charge in [0.15, 0.2) is 29.1 Å². The van der Waals surface area contributed by atoms with Crippen LogP contribution in [-0.4, -0.2) is 29.3 Å². The third kappa shape index (κ3) is 4.61. The molecule has 2 rings (SSSR count). The molecule has 1 heterocycles. The minimum absolute atomic E-state index is 0.158. The molecule has 7 heteroatoms. The summed E-state index contributed by atoms with van der Waals surface area (Å²) in [7, 11) is 0. The molecule has 0 aliphatic carbocycles. The lowest BCUT2D eigenvalue weighted by molar-refractivity contribution is -0.118. The molecule has 1 aromatic heterocycles. The van der Waals surface area contributed by atoms with Crippen LogP contribution in [0.1, 0.15) is 6.92 Å². The predicted molar refractivity (Wildman–Crippen MR) is 78.8 cm³/mol. The average molecular weight is 308 g/mol. The monoisotopic (exact) mass is 307 g/mol. The Kier molecular flexibility index (Phi) is 5.34. The number of para-hydroxylation sites is 2.